The molecule has 5 aliphatic carbocycles. The van der Waals surface area contributed by atoms with Crippen molar-refractivity contribution in [2.45, 2.75) is 79.1 Å². The van der Waals surface area contributed by atoms with Crippen LogP contribution in [-0.4, -0.2) is 11.7 Å². The van der Waals surface area contributed by atoms with E-state index in [-0.39, 0.29) is 0 Å². The first-order valence-electron chi connectivity index (χ1n) is 9.39. The van der Waals surface area contributed by atoms with E-state index < -0.39 is 0 Å². The van der Waals surface area contributed by atoms with Crippen molar-refractivity contribution in [3.05, 3.63) is 0 Å². The van der Waals surface area contributed by atoms with E-state index in [1.165, 1.54) is 51.4 Å². The van der Waals surface area contributed by atoms with E-state index in [4.69, 9.17) is 0 Å². The van der Waals surface area contributed by atoms with Crippen molar-refractivity contribution in [3.63, 3.8) is 0 Å². The third-order valence-corrected chi connectivity index (χ3v) is 9.12. The second-order valence-electron chi connectivity index (χ2n) is 10.3. The van der Waals surface area contributed by atoms with Crippen molar-refractivity contribution < 1.29 is 5.11 Å². The number of hydrogen-bond acceptors (Lipinski definition) is 1. The molecular weight excluding hydrogens is 256 g/mol. The van der Waals surface area contributed by atoms with Gasteiger partial charge in [0, 0.05) is 6.61 Å². The average molecular weight is 290 g/mol. The molecule has 1 unspecified atom stereocenters. The minimum Gasteiger partial charge on any atom is -0.396 e. The van der Waals surface area contributed by atoms with E-state index in [1.54, 1.807) is 0 Å². The molecular formula is C20H34O. The van der Waals surface area contributed by atoms with Gasteiger partial charge in [0.2, 0.25) is 0 Å². The summed E-state index contributed by atoms with van der Waals surface area (Å²) in [6.07, 6.45) is 11.3. The average Bonchev–Trinajstić information content (AvgIpc) is 2.36. The van der Waals surface area contributed by atoms with Crippen LogP contribution in [0.5, 0.6) is 0 Å². The molecule has 0 heterocycles. The lowest BCUT2D eigenvalue weighted by molar-refractivity contribution is -0.282. The Labute approximate surface area is 130 Å². The largest absolute Gasteiger partial charge is 0.396 e. The quantitative estimate of drug-likeness (QED) is 0.718. The Bertz CT molecular complexity index is 455. The van der Waals surface area contributed by atoms with E-state index in [0.29, 0.717) is 34.2 Å². The van der Waals surface area contributed by atoms with Crippen LogP contribution in [0.15, 0.2) is 0 Å². The van der Waals surface area contributed by atoms with E-state index in [2.05, 4.69) is 27.7 Å². The highest BCUT2D eigenvalue weighted by Crippen LogP contribution is 2.78. The Morgan fingerprint density at radius 3 is 2.33 bits per heavy atom. The molecule has 5 fully saturated rings. The van der Waals surface area contributed by atoms with Gasteiger partial charge in [-0.05, 0) is 84.4 Å². The SMILES string of the molecule is CC1(C)CCCC2(C)[C@@H]1CC[C@]13C[C@](C)(CC[C@@H]21)[C@@H]3CO. The Hall–Kier alpha value is -0.0400. The molecule has 5 rings (SSSR count). The first-order valence-corrected chi connectivity index (χ1v) is 9.39. The maximum absolute atomic E-state index is 10.1. The van der Waals surface area contributed by atoms with Gasteiger partial charge in [0.1, 0.15) is 0 Å². The van der Waals surface area contributed by atoms with Crippen LogP contribution in [0.4, 0.5) is 0 Å². The minimum absolute atomic E-state index is 0.442. The third kappa shape index (κ3) is 1.57. The minimum atomic E-state index is 0.442. The fourth-order valence-electron chi connectivity index (χ4n) is 8.49. The van der Waals surface area contributed by atoms with Crippen LogP contribution in [0, 0.1) is 39.4 Å². The molecule has 6 atom stereocenters. The second kappa shape index (κ2) is 4.08. The highest BCUT2D eigenvalue weighted by molar-refractivity contribution is 5.20. The number of hydrogen-bond donors (Lipinski definition) is 1. The first kappa shape index (κ1) is 14.5. The standard InChI is InChI=1S/C20H34O/c1-17(2)8-5-9-19(4)14(17)7-11-20-13-18(3,16(20)12-21)10-6-15(19)20/h14-16,21H,5-13H2,1-4H3/t14-,15+,16+,18+,19?,20+/m1/s1. The van der Waals surface area contributed by atoms with Crippen molar-refractivity contribution in [1.82, 2.24) is 0 Å². The van der Waals surface area contributed by atoms with Gasteiger partial charge in [-0.15, -0.1) is 0 Å². The molecule has 1 nitrogen and oxygen atoms in total. The zero-order valence-corrected chi connectivity index (χ0v) is 14.5. The van der Waals surface area contributed by atoms with Crippen molar-refractivity contribution in [3.8, 4) is 0 Å². The molecule has 0 saturated heterocycles. The summed E-state index contributed by atoms with van der Waals surface area (Å²) in [7, 11) is 0. The van der Waals surface area contributed by atoms with Crippen LogP contribution in [0.1, 0.15) is 79.1 Å². The van der Waals surface area contributed by atoms with Crippen molar-refractivity contribution in [1.29, 1.82) is 0 Å². The van der Waals surface area contributed by atoms with Gasteiger partial charge in [-0.3, -0.25) is 0 Å². The molecule has 1 heteroatoms. The van der Waals surface area contributed by atoms with Gasteiger partial charge in [0.15, 0.2) is 0 Å². The zero-order chi connectivity index (χ0) is 15.1. The van der Waals surface area contributed by atoms with Crippen LogP contribution in [0.25, 0.3) is 0 Å². The number of aliphatic hydroxyl groups is 1. The summed E-state index contributed by atoms with van der Waals surface area (Å²) in [4.78, 5) is 0. The van der Waals surface area contributed by atoms with Crippen molar-refractivity contribution in [2.75, 3.05) is 6.61 Å². The molecule has 0 radical (unpaired) electrons. The van der Waals surface area contributed by atoms with Gasteiger partial charge < -0.3 is 5.11 Å². The molecule has 21 heavy (non-hydrogen) atoms. The highest BCUT2D eigenvalue weighted by Gasteiger charge is 2.71. The smallest absolute Gasteiger partial charge is 0.0469 e. The summed E-state index contributed by atoms with van der Waals surface area (Å²) >= 11 is 0. The van der Waals surface area contributed by atoms with Crippen molar-refractivity contribution in [2.24, 2.45) is 39.4 Å². The van der Waals surface area contributed by atoms with Gasteiger partial charge in [0.25, 0.3) is 0 Å². The Morgan fingerprint density at radius 2 is 1.62 bits per heavy atom. The van der Waals surface area contributed by atoms with E-state index in [1.807, 2.05) is 0 Å². The molecule has 5 saturated carbocycles. The molecule has 1 N–H and O–H groups in total. The van der Waals surface area contributed by atoms with Crippen LogP contribution in [0.2, 0.25) is 0 Å². The first-order chi connectivity index (χ1) is 9.79. The van der Waals surface area contributed by atoms with Crippen LogP contribution >= 0.6 is 0 Å². The summed E-state index contributed by atoms with van der Waals surface area (Å²) in [5, 5.41) is 10.1. The maximum Gasteiger partial charge on any atom is 0.0469 e. The second-order valence-corrected chi connectivity index (χ2v) is 10.3. The van der Waals surface area contributed by atoms with Crippen molar-refractivity contribution >= 4 is 0 Å². The Morgan fingerprint density at radius 1 is 0.905 bits per heavy atom. The summed E-state index contributed by atoms with van der Waals surface area (Å²) in [6.45, 7) is 10.6. The molecule has 0 amide bonds. The number of fused-ring (bicyclic) bond motifs is 2. The summed E-state index contributed by atoms with van der Waals surface area (Å²) in [5.74, 6) is 2.41. The maximum atomic E-state index is 10.1. The molecule has 0 aliphatic heterocycles. The predicted octanol–water partition coefficient (Wildman–Crippen LogP) is 5.03. The molecule has 0 aromatic carbocycles. The fourth-order valence-corrected chi connectivity index (χ4v) is 8.49. The fraction of sp³-hybridized carbons (Fsp3) is 1.00. The molecule has 2 bridgehead atoms. The summed E-state index contributed by atoms with van der Waals surface area (Å²) in [6, 6.07) is 0. The third-order valence-electron chi connectivity index (χ3n) is 9.12. The number of rotatable bonds is 1. The molecule has 5 aliphatic rings. The summed E-state index contributed by atoms with van der Waals surface area (Å²) in [5.41, 5.74) is 2.07. The molecule has 120 valence electrons. The van der Waals surface area contributed by atoms with Crippen LogP contribution in [0.3, 0.4) is 0 Å². The normalized spacial score (nSPS) is 57.9. The lowest BCUT2D eigenvalue weighted by atomic mass is 9.28. The molecule has 0 aromatic rings. The molecule has 0 aromatic heterocycles. The van der Waals surface area contributed by atoms with Gasteiger partial charge in [-0.2, -0.15) is 0 Å². The molecule has 1 spiro atoms. The van der Waals surface area contributed by atoms with Gasteiger partial charge in [-0.25, -0.2) is 0 Å². The number of aliphatic hydroxyl groups excluding tert-OH is 1. The predicted molar refractivity (Wildman–Crippen MR) is 86.9 cm³/mol. The summed E-state index contributed by atoms with van der Waals surface area (Å²) < 4.78 is 0. The van der Waals surface area contributed by atoms with Gasteiger partial charge in [-0.1, -0.05) is 34.1 Å². The topological polar surface area (TPSA) is 20.2 Å². The van der Waals surface area contributed by atoms with Gasteiger partial charge in [0.05, 0.1) is 0 Å². The zero-order valence-electron chi connectivity index (χ0n) is 14.5. The lowest BCUT2D eigenvalue weighted by Crippen LogP contribution is -2.70. The van der Waals surface area contributed by atoms with Crippen LogP contribution < -0.4 is 0 Å². The van der Waals surface area contributed by atoms with E-state index in [0.717, 1.165) is 11.8 Å². The monoisotopic (exact) mass is 290 g/mol. The van der Waals surface area contributed by atoms with Crippen LogP contribution in [-0.2, 0) is 0 Å². The Kier molecular flexibility index (Phi) is 2.82. The van der Waals surface area contributed by atoms with Gasteiger partial charge >= 0.3 is 0 Å². The van der Waals surface area contributed by atoms with E-state index >= 15 is 0 Å². The lowest BCUT2D eigenvalue weighted by Gasteiger charge is -2.76. The van der Waals surface area contributed by atoms with E-state index in [9.17, 15) is 5.11 Å². The highest BCUT2D eigenvalue weighted by atomic mass is 16.3. The Balaban J connectivity index is 1.73.